The fraction of sp³-hybridized carbons (Fsp3) is 0.500. The van der Waals surface area contributed by atoms with Gasteiger partial charge in [0, 0.05) is 41.4 Å². The molecule has 0 bridgehead atoms. The molecule has 2 aromatic heterocycles. The molecule has 0 aliphatic carbocycles. The Bertz CT molecular complexity index is 1210. The van der Waals surface area contributed by atoms with Crippen LogP contribution in [0.2, 0.25) is 5.02 Å². The molecule has 0 amide bonds. The molecule has 1 saturated heterocycles. The van der Waals surface area contributed by atoms with Gasteiger partial charge in [-0.25, -0.2) is 4.98 Å². The number of aromatic nitrogens is 4. The predicted octanol–water partition coefficient (Wildman–Crippen LogP) is 5.96. The van der Waals surface area contributed by atoms with Gasteiger partial charge >= 0.3 is 12.4 Å². The zero-order valence-electron chi connectivity index (χ0n) is 18.2. The van der Waals surface area contributed by atoms with Crippen LogP contribution < -0.4 is 4.90 Å². The van der Waals surface area contributed by atoms with E-state index in [0.717, 1.165) is 29.3 Å². The first kappa shape index (κ1) is 24.1. The van der Waals surface area contributed by atoms with Gasteiger partial charge in [0.2, 0.25) is 17.6 Å². The van der Waals surface area contributed by atoms with Crippen molar-refractivity contribution in [1.29, 1.82) is 0 Å². The Labute approximate surface area is 200 Å². The Morgan fingerprint density at radius 2 is 1.77 bits per heavy atom. The van der Waals surface area contributed by atoms with Crippen molar-refractivity contribution in [3.63, 3.8) is 0 Å². The second-order valence-electron chi connectivity index (χ2n) is 8.76. The van der Waals surface area contributed by atoms with Gasteiger partial charge in [0.05, 0.1) is 6.04 Å². The van der Waals surface area contributed by atoms with E-state index in [2.05, 4.69) is 19.9 Å². The van der Waals surface area contributed by atoms with Gasteiger partial charge in [0.1, 0.15) is 0 Å². The summed E-state index contributed by atoms with van der Waals surface area (Å²) in [6.07, 6.45) is -7.85. The van der Waals surface area contributed by atoms with E-state index in [9.17, 15) is 26.3 Å². The lowest BCUT2D eigenvalue weighted by atomic mass is 9.88. The van der Waals surface area contributed by atoms with Crippen molar-refractivity contribution in [2.75, 3.05) is 24.7 Å². The third-order valence-electron chi connectivity index (χ3n) is 6.41. The van der Waals surface area contributed by atoms with Crippen molar-refractivity contribution < 1.29 is 31.1 Å². The van der Waals surface area contributed by atoms with Crippen molar-refractivity contribution in [2.45, 2.75) is 44.1 Å². The number of hydrogen-bond donors (Lipinski definition) is 1. The minimum atomic E-state index is -5.16. The number of nitrogens with zero attached hydrogens (tertiary/aromatic N) is 4. The number of fused-ring (bicyclic) bond motifs is 3. The van der Waals surface area contributed by atoms with Crippen molar-refractivity contribution in [3.8, 4) is 0 Å². The normalized spacial score (nSPS) is 21.4. The summed E-state index contributed by atoms with van der Waals surface area (Å²) in [7, 11) is 0. The molecule has 188 valence electrons. The third-order valence-corrected chi connectivity index (χ3v) is 6.65. The molecule has 13 heteroatoms. The van der Waals surface area contributed by atoms with Crippen molar-refractivity contribution >= 4 is 28.5 Å². The van der Waals surface area contributed by atoms with Crippen LogP contribution in [0.4, 0.5) is 32.3 Å². The van der Waals surface area contributed by atoms with Crippen LogP contribution in [-0.2, 0) is 23.5 Å². The van der Waals surface area contributed by atoms with Crippen LogP contribution in [0, 0.1) is 5.92 Å². The Balaban J connectivity index is 1.63. The molecule has 5 rings (SSSR count). The minimum Gasteiger partial charge on any atom is -0.381 e. The maximum absolute atomic E-state index is 13.4. The second kappa shape index (κ2) is 8.81. The fourth-order valence-electron chi connectivity index (χ4n) is 4.88. The highest BCUT2D eigenvalue weighted by Gasteiger charge is 2.43. The van der Waals surface area contributed by atoms with E-state index in [-0.39, 0.29) is 12.5 Å². The van der Waals surface area contributed by atoms with Crippen LogP contribution in [0.1, 0.15) is 48.2 Å². The lowest BCUT2D eigenvalue weighted by Crippen LogP contribution is -2.39. The molecule has 1 N–H and O–H groups in total. The number of alkyl halides is 6. The highest BCUT2D eigenvalue weighted by atomic mass is 35.5. The van der Waals surface area contributed by atoms with Crippen LogP contribution in [-0.4, -0.2) is 39.7 Å². The third kappa shape index (κ3) is 4.77. The highest BCUT2D eigenvalue weighted by Crippen LogP contribution is 2.42. The van der Waals surface area contributed by atoms with Gasteiger partial charge in [-0.05, 0) is 55.4 Å². The molecule has 3 aromatic rings. The summed E-state index contributed by atoms with van der Waals surface area (Å²) in [5.74, 6) is -4.32. The van der Waals surface area contributed by atoms with Crippen molar-refractivity contribution in [3.05, 3.63) is 46.1 Å². The second-order valence-corrected chi connectivity index (χ2v) is 9.20. The molecule has 0 spiro atoms. The Kier molecular flexibility index (Phi) is 6.07. The fourth-order valence-corrected chi connectivity index (χ4v) is 5.05. The number of rotatable bonds is 3. The summed E-state index contributed by atoms with van der Waals surface area (Å²) >= 11 is 6.17. The van der Waals surface area contributed by atoms with E-state index in [1.54, 1.807) is 18.2 Å². The van der Waals surface area contributed by atoms with E-state index in [1.807, 2.05) is 0 Å². The monoisotopic (exact) mass is 519 g/mol. The average Bonchev–Trinajstić information content (AvgIpc) is 3.17. The van der Waals surface area contributed by atoms with Gasteiger partial charge in [0.25, 0.3) is 0 Å². The number of benzene rings is 1. The summed E-state index contributed by atoms with van der Waals surface area (Å²) in [6, 6.07) is 4.73. The Morgan fingerprint density at radius 1 is 1.06 bits per heavy atom. The number of halogens is 7. The molecule has 1 aromatic carbocycles. The maximum atomic E-state index is 13.4. The summed E-state index contributed by atoms with van der Waals surface area (Å²) in [6.45, 7) is 1.21. The standard InChI is InChI=1S/C22H20ClF6N5O/c23-12-3-4-15-14(9-12)13-5-6-34(16(17(13)30-15)8-11-2-1-7-35-10-11)20-32-18(21(24,25)26)31-19(33-20)22(27,28)29/h3-4,9,11,16,30H,1-2,5-8,10H2/t11?,16-/m0/s1. The van der Waals surface area contributed by atoms with Gasteiger partial charge in [-0.3, -0.25) is 0 Å². The summed E-state index contributed by atoms with van der Waals surface area (Å²) in [5.41, 5.74) is 2.43. The average molecular weight is 520 g/mol. The first-order valence-electron chi connectivity index (χ1n) is 11.1. The summed E-state index contributed by atoms with van der Waals surface area (Å²) in [5, 5.41) is 1.40. The molecule has 0 radical (unpaired) electrons. The predicted molar refractivity (Wildman–Crippen MR) is 115 cm³/mol. The van der Waals surface area contributed by atoms with Crippen LogP contribution >= 0.6 is 11.6 Å². The largest absolute Gasteiger partial charge is 0.451 e. The molecule has 1 fully saturated rings. The van der Waals surface area contributed by atoms with Crippen molar-refractivity contribution in [2.24, 2.45) is 5.92 Å². The van der Waals surface area contributed by atoms with Gasteiger partial charge in [-0.2, -0.15) is 36.3 Å². The molecular formula is C22H20ClF6N5O. The van der Waals surface area contributed by atoms with E-state index >= 15 is 0 Å². The lowest BCUT2D eigenvalue weighted by Gasteiger charge is -2.38. The number of ether oxygens (including phenoxy) is 1. The zero-order chi connectivity index (χ0) is 25.0. The molecule has 35 heavy (non-hydrogen) atoms. The first-order chi connectivity index (χ1) is 16.5. The van der Waals surface area contributed by atoms with Crippen LogP contribution in [0.15, 0.2) is 18.2 Å². The minimum absolute atomic E-state index is 0.0724. The van der Waals surface area contributed by atoms with E-state index in [4.69, 9.17) is 16.3 Å². The van der Waals surface area contributed by atoms with Gasteiger partial charge in [-0.15, -0.1) is 0 Å². The number of H-pyrrole nitrogens is 1. The molecule has 4 heterocycles. The topological polar surface area (TPSA) is 66.9 Å². The van der Waals surface area contributed by atoms with Gasteiger partial charge < -0.3 is 14.6 Å². The molecule has 6 nitrogen and oxygen atoms in total. The number of hydrogen-bond acceptors (Lipinski definition) is 5. The Hall–Kier alpha value is -2.60. The molecule has 2 aliphatic heterocycles. The molecule has 0 saturated carbocycles. The Morgan fingerprint density at radius 3 is 2.40 bits per heavy atom. The molecule has 1 unspecified atom stereocenters. The number of aromatic amines is 1. The molecule has 2 atom stereocenters. The smallest absolute Gasteiger partial charge is 0.381 e. The quantitative estimate of drug-likeness (QED) is 0.432. The molecule has 2 aliphatic rings. The van der Waals surface area contributed by atoms with Gasteiger partial charge in [-0.1, -0.05) is 11.6 Å². The van der Waals surface area contributed by atoms with E-state index in [0.29, 0.717) is 36.8 Å². The van der Waals surface area contributed by atoms with Crippen LogP contribution in [0.5, 0.6) is 0 Å². The van der Waals surface area contributed by atoms with Crippen LogP contribution in [0.25, 0.3) is 10.9 Å². The first-order valence-corrected chi connectivity index (χ1v) is 11.4. The zero-order valence-corrected chi connectivity index (χ0v) is 18.9. The van der Waals surface area contributed by atoms with E-state index < -0.39 is 36.0 Å². The maximum Gasteiger partial charge on any atom is 0.451 e. The number of nitrogens with one attached hydrogen (secondary N) is 1. The summed E-state index contributed by atoms with van der Waals surface area (Å²) in [4.78, 5) is 14.3. The van der Waals surface area contributed by atoms with Crippen LogP contribution in [0.3, 0.4) is 0 Å². The SMILES string of the molecule is FC(F)(F)c1nc(N2CCc3c([nH]c4ccc(Cl)cc34)[C@@H]2CC2CCCOC2)nc(C(F)(F)F)n1. The van der Waals surface area contributed by atoms with E-state index in [1.165, 1.54) is 4.90 Å². The van der Waals surface area contributed by atoms with Gasteiger partial charge in [0.15, 0.2) is 0 Å². The number of anilines is 1. The lowest BCUT2D eigenvalue weighted by molar-refractivity contribution is -0.155. The molecular weight excluding hydrogens is 500 g/mol. The highest BCUT2D eigenvalue weighted by molar-refractivity contribution is 6.31. The summed E-state index contributed by atoms with van der Waals surface area (Å²) < 4.78 is 86.1. The van der Waals surface area contributed by atoms with Crippen molar-refractivity contribution in [1.82, 2.24) is 19.9 Å².